The Labute approximate surface area is 128 Å². The van der Waals surface area contributed by atoms with Crippen molar-refractivity contribution >= 4 is 11.8 Å². The van der Waals surface area contributed by atoms with Crippen LogP contribution in [0.25, 0.3) is 0 Å². The molecule has 6 nitrogen and oxygen atoms in total. The second-order valence-corrected chi connectivity index (χ2v) is 5.11. The summed E-state index contributed by atoms with van der Waals surface area (Å²) in [6.45, 7) is 5.06. The van der Waals surface area contributed by atoms with Crippen LogP contribution in [0.3, 0.4) is 0 Å². The van der Waals surface area contributed by atoms with Crippen molar-refractivity contribution in [2.45, 2.75) is 45.4 Å². The maximum Gasteiger partial charge on any atom is 0.221 e. The molecule has 0 aliphatic heterocycles. The zero-order valence-corrected chi connectivity index (χ0v) is 13.5. The maximum atomic E-state index is 11.5. The van der Waals surface area contributed by atoms with Gasteiger partial charge in [0, 0.05) is 46.1 Å². The molecule has 21 heavy (non-hydrogen) atoms. The third kappa shape index (κ3) is 12.3. The highest BCUT2D eigenvalue weighted by atomic mass is 16.3. The van der Waals surface area contributed by atoms with Crippen molar-refractivity contribution in [3.05, 3.63) is 0 Å². The number of aliphatic hydroxyl groups is 1. The van der Waals surface area contributed by atoms with Gasteiger partial charge >= 0.3 is 0 Å². The number of hydrogen-bond acceptors (Lipinski definition) is 4. The van der Waals surface area contributed by atoms with Gasteiger partial charge in [-0.15, -0.1) is 0 Å². The lowest BCUT2D eigenvalue weighted by Gasteiger charge is -2.21. The first-order valence-electron chi connectivity index (χ1n) is 7.94. The van der Waals surface area contributed by atoms with E-state index in [9.17, 15) is 9.59 Å². The first-order chi connectivity index (χ1) is 10.1. The monoisotopic (exact) mass is 301 g/mol. The van der Waals surface area contributed by atoms with Gasteiger partial charge < -0.3 is 20.6 Å². The van der Waals surface area contributed by atoms with Gasteiger partial charge in [-0.3, -0.25) is 9.59 Å². The quantitative estimate of drug-likeness (QED) is 0.433. The molecule has 0 fully saturated rings. The van der Waals surface area contributed by atoms with Crippen molar-refractivity contribution in [1.29, 1.82) is 0 Å². The molecule has 0 aromatic rings. The molecule has 0 atom stereocenters. The Hall–Kier alpha value is -1.14. The Morgan fingerprint density at radius 1 is 0.952 bits per heavy atom. The van der Waals surface area contributed by atoms with Crippen LogP contribution in [0.15, 0.2) is 0 Å². The first kappa shape index (κ1) is 19.9. The summed E-state index contributed by atoms with van der Waals surface area (Å²) in [5, 5.41) is 14.1. The molecule has 0 heterocycles. The van der Waals surface area contributed by atoms with Crippen LogP contribution in [0, 0.1) is 0 Å². The van der Waals surface area contributed by atoms with Gasteiger partial charge in [-0.25, -0.2) is 0 Å². The van der Waals surface area contributed by atoms with Crippen LogP contribution in [-0.4, -0.2) is 61.7 Å². The molecule has 2 amide bonds. The number of amides is 2. The van der Waals surface area contributed by atoms with E-state index in [1.807, 2.05) is 6.92 Å². The number of unbranched alkanes of at least 4 members (excludes halogenated alkanes) is 3. The minimum Gasteiger partial charge on any atom is -0.396 e. The molecule has 0 spiro atoms. The van der Waals surface area contributed by atoms with Gasteiger partial charge in [0.15, 0.2) is 0 Å². The van der Waals surface area contributed by atoms with E-state index in [1.165, 1.54) is 0 Å². The van der Waals surface area contributed by atoms with Crippen LogP contribution in [0.2, 0.25) is 0 Å². The SMILES string of the molecule is CCNC(=O)CCN(CCCCCCO)CCC(=O)NC. The summed E-state index contributed by atoms with van der Waals surface area (Å²) in [5.74, 6) is 0.0843. The second kappa shape index (κ2) is 13.8. The number of aliphatic hydroxyl groups excluding tert-OH is 1. The number of nitrogens with zero attached hydrogens (tertiary/aromatic N) is 1. The zero-order valence-electron chi connectivity index (χ0n) is 13.5. The summed E-state index contributed by atoms with van der Waals surface area (Å²) in [4.78, 5) is 25.0. The Morgan fingerprint density at radius 2 is 1.57 bits per heavy atom. The number of hydrogen-bond donors (Lipinski definition) is 3. The van der Waals surface area contributed by atoms with E-state index in [-0.39, 0.29) is 18.4 Å². The number of carbonyl (C=O) groups excluding carboxylic acids is 2. The van der Waals surface area contributed by atoms with Crippen LogP contribution >= 0.6 is 0 Å². The van der Waals surface area contributed by atoms with E-state index < -0.39 is 0 Å². The lowest BCUT2D eigenvalue weighted by Crippen LogP contribution is -2.34. The minimum atomic E-state index is 0.0262. The molecule has 0 aromatic carbocycles. The Morgan fingerprint density at radius 3 is 2.14 bits per heavy atom. The Bertz CT molecular complexity index is 285. The van der Waals surface area contributed by atoms with E-state index in [1.54, 1.807) is 7.05 Å². The Balaban J connectivity index is 4.01. The van der Waals surface area contributed by atoms with Crippen LogP contribution in [0.1, 0.15) is 45.4 Å². The molecular weight excluding hydrogens is 270 g/mol. The molecule has 0 saturated heterocycles. The molecular formula is C15H31N3O3. The summed E-state index contributed by atoms with van der Waals surface area (Å²) in [6, 6.07) is 0. The Kier molecular flexibility index (Phi) is 13.1. The predicted octanol–water partition coefficient (Wildman–Crippen LogP) is 0.503. The standard InChI is InChI=1S/C15H31N3O3/c1-3-17-15(21)9-12-18(11-8-14(20)16-2)10-6-4-5-7-13-19/h19H,3-13H2,1-2H3,(H,16,20)(H,17,21). The zero-order chi connectivity index (χ0) is 15.9. The largest absolute Gasteiger partial charge is 0.396 e. The van der Waals surface area contributed by atoms with Crippen LogP contribution < -0.4 is 10.6 Å². The minimum absolute atomic E-state index is 0.0262. The van der Waals surface area contributed by atoms with Gasteiger partial charge in [0.05, 0.1) is 0 Å². The van der Waals surface area contributed by atoms with Crippen LogP contribution in [0.5, 0.6) is 0 Å². The van der Waals surface area contributed by atoms with E-state index in [4.69, 9.17) is 5.11 Å². The molecule has 0 aromatic heterocycles. The van der Waals surface area contributed by atoms with Crippen LogP contribution in [-0.2, 0) is 9.59 Å². The average molecular weight is 301 g/mol. The highest BCUT2D eigenvalue weighted by molar-refractivity contribution is 5.76. The maximum absolute atomic E-state index is 11.5. The van der Waals surface area contributed by atoms with Gasteiger partial charge in [-0.2, -0.15) is 0 Å². The van der Waals surface area contributed by atoms with Crippen molar-refractivity contribution in [3.8, 4) is 0 Å². The van der Waals surface area contributed by atoms with Crippen LogP contribution in [0.4, 0.5) is 0 Å². The summed E-state index contributed by atoms with van der Waals surface area (Å²) in [6.07, 6.45) is 4.90. The summed E-state index contributed by atoms with van der Waals surface area (Å²) in [7, 11) is 1.64. The highest BCUT2D eigenvalue weighted by Gasteiger charge is 2.09. The molecule has 0 aliphatic carbocycles. The van der Waals surface area contributed by atoms with E-state index in [0.29, 0.717) is 32.5 Å². The molecule has 0 radical (unpaired) electrons. The number of carbonyl (C=O) groups is 2. The van der Waals surface area contributed by atoms with Crippen molar-refractivity contribution in [1.82, 2.24) is 15.5 Å². The van der Waals surface area contributed by atoms with E-state index in [2.05, 4.69) is 15.5 Å². The van der Waals surface area contributed by atoms with Gasteiger partial charge in [0.25, 0.3) is 0 Å². The third-order valence-corrected chi connectivity index (χ3v) is 3.35. The lowest BCUT2D eigenvalue weighted by molar-refractivity contribution is -0.121. The van der Waals surface area contributed by atoms with Gasteiger partial charge in [-0.05, 0) is 26.3 Å². The first-order valence-corrected chi connectivity index (χ1v) is 7.94. The van der Waals surface area contributed by atoms with E-state index in [0.717, 1.165) is 32.2 Å². The van der Waals surface area contributed by atoms with Gasteiger partial charge in [0.2, 0.25) is 11.8 Å². The number of rotatable bonds is 13. The molecule has 0 rings (SSSR count). The summed E-state index contributed by atoms with van der Waals surface area (Å²) >= 11 is 0. The second-order valence-electron chi connectivity index (χ2n) is 5.11. The van der Waals surface area contributed by atoms with Gasteiger partial charge in [0.1, 0.15) is 0 Å². The smallest absolute Gasteiger partial charge is 0.221 e. The molecule has 0 saturated carbocycles. The highest BCUT2D eigenvalue weighted by Crippen LogP contribution is 2.03. The number of nitrogens with one attached hydrogen (secondary N) is 2. The molecule has 0 aliphatic rings. The predicted molar refractivity (Wildman–Crippen MR) is 84.0 cm³/mol. The fourth-order valence-electron chi connectivity index (χ4n) is 2.07. The average Bonchev–Trinajstić information content (AvgIpc) is 2.48. The van der Waals surface area contributed by atoms with E-state index >= 15 is 0 Å². The summed E-state index contributed by atoms with van der Waals surface area (Å²) in [5.41, 5.74) is 0. The van der Waals surface area contributed by atoms with Crippen molar-refractivity contribution in [3.63, 3.8) is 0 Å². The normalized spacial score (nSPS) is 10.7. The molecule has 0 unspecified atom stereocenters. The fraction of sp³-hybridized carbons (Fsp3) is 0.867. The third-order valence-electron chi connectivity index (χ3n) is 3.35. The topological polar surface area (TPSA) is 81.7 Å². The molecule has 3 N–H and O–H groups in total. The van der Waals surface area contributed by atoms with Crippen molar-refractivity contribution < 1.29 is 14.7 Å². The van der Waals surface area contributed by atoms with Gasteiger partial charge in [-0.1, -0.05) is 12.8 Å². The summed E-state index contributed by atoms with van der Waals surface area (Å²) < 4.78 is 0. The molecule has 6 heteroatoms. The lowest BCUT2D eigenvalue weighted by atomic mass is 10.2. The molecule has 124 valence electrons. The fourth-order valence-corrected chi connectivity index (χ4v) is 2.07. The molecule has 0 bridgehead atoms. The van der Waals surface area contributed by atoms with Crippen molar-refractivity contribution in [2.24, 2.45) is 0 Å². The van der Waals surface area contributed by atoms with Crippen molar-refractivity contribution in [2.75, 3.05) is 39.8 Å².